The fourth-order valence-corrected chi connectivity index (χ4v) is 4.61. The first kappa shape index (κ1) is 19.4. The molecule has 1 unspecified atom stereocenters. The first-order chi connectivity index (χ1) is 15.0. The number of amides is 1. The summed E-state index contributed by atoms with van der Waals surface area (Å²) >= 11 is 0. The Bertz CT molecular complexity index is 1130. The minimum Gasteiger partial charge on any atom is -0.491 e. The Hall–Kier alpha value is -3.55. The summed E-state index contributed by atoms with van der Waals surface area (Å²) in [7, 11) is 1.67. The Morgan fingerprint density at radius 1 is 1.10 bits per heavy atom. The largest absolute Gasteiger partial charge is 0.491 e. The van der Waals surface area contributed by atoms with Gasteiger partial charge in [-0.2, -0.15) is 0 Å². The molecule has 5 rings (SSSR count). The Morgan fingerprint density at radius 2 is 1.84 bits per heavy atom. The topological polar surface area (TPSA) is 91.4 Å². The van der Waals surface area contributed by atoms with Gasteiger partial charge in [0.15, 0.2) is 17.3 Å². The monoisotopic (exact) mass is 423 g/mol. The third-order valence-electron chi connectivity index (χ3n) is 5.96. The highest BCUT2D eigenvalue weighted by Crippen LogP contribution is 2.55. The van der Waals surface area contributed by atoms with Crippen molar-refractivity contribution in [3.05, 3.63) is 47.0 Å². The second kappa shape index (κ2) is 7.01. The zero-order valence-electron chi connectivity index (χ0n) is 17.2. The van der Waals surface area contributed by atoms with E-state index in [1.807, 2.05) is 0 Å². The number of rotatable bonds is 4. The smallest absolute Gasteiger partial charge is 0.313 e. The number of fused-ring (bicyclic) bond motifs is 5. The van der Waals surface area contributed by atoms with E-state index in [1.54, 1.807) is 44.3 Å². The molecule has 2 aromatic carbocycles. The lowest BCUT2D eigenvalue weighted by atomic mass is 9.74. The van der Waals surface area contributed by atoms with Crippen molar-refractivity contribution in [3.8, 4) is 17.2 Å². The average molecular weight is 423 g/mol. The number of carbonyl (C=O) groups excluding carboxylic acids is 3. The van der Waals surface area contributed by atoms with Gasteiger partial charge in [0.1, 0.15) is 37.4 Å². The van der Waals surface area contributed by atoms with E-state index in [0.29, 0.717) is 52.8 Å². The Morgan fingerprint density at radius 3 is 2.58 bits per heavy atom. The van der Waals surface area contributed by atoms with Crippen molar-refractivity contribution in [3.63, 3.8) is 0 Å². The van der Waals surface area contributed by atoms with Crippen molar-refractivity contribution in [2.45, 2.75) is 18.8 Å². The molecule has 0 N–H and O–H groups in total. The molecule has 0 aromatic heterocycles. The van der Waals surface area contributed by atoms with E-state index in [9.17, 15) is 14.4 Å². The van der Waals surface area contributed by atoms with Crippen molar-refractivity contribution in [2.24, 2.45) is 0 Å². The summed E-state index contributed by atoms with van der Waals surface area (Å²) in [4.78, 5) is 40.1. The summed E-state index contributed by atoms with van der Waals surface area (Å²) in [5, 5.41) is 0. The molecular formula is C23H21NO7. The normalized spacial score (nSPS) is 20.3. The van der Waals surface area contributed by atoms with Crippen LogP contribution >= 0.6 is 0 Å². The molecule has 0 saturated carbocycles. The van der Waals surface area contributed by atoms with Crippen LogP contribution in [0.25, 0.3) is 0 Å². The van der Waals surface area contributed by atoms with Gasteiger partial charge in [-0.05, 0) is 19.1 Å². The second-order valence-corrected chi connectivity index (χ2v) is 7.65. The maximum absolute atomic E-state index is 13.6. The fourth-order valence-electron chi connectivity index (χ4n) is 4.61. The third kappa shape index (κ3) is 2.71. The van der Waals surface area contributed by atoms with Crippen molar-refractivity contribution in [1.29, 1.82) is 0 Å². The zero-order chi connectivity index (χ0) is 21.8. The number of nitrogens with zero attached hydrogens (tertiary/aromatic N) is 1. The Labute approximate surface area is 178 Å². The molecule has 3 heterocycles. The van der Waals surface area contributed by atoms with Crippen LogP contribution in [0.3, 0.4) is 0 Å². The molecule has 31 heavy (non-hydrogen) atoms. The molecule has 0 radical (unpaired) electrons. The van der Waals surface area contributed by atoms with Crippen molar-refractivity contribution in [1.82, 2.24) is 0 Å². The van der Waals surface area contributed by atoms with Crippen LogP contribution in [0.1, 0.15) is 34.8 Å². The van der Waals surface area contributed by atoms with Crippen LogP contribution in [0.15, 0.2) is 30.3 Å². The first-order valence-corrected chi connectivity index (χ1v) is 10.1. The number of benzene rings is 2. The summed E-state index contributed by atoms with van der Waals surface area (Å²) in [5.41, 5.74) is 0.910. The zero-order valence-corrected chi connectivity index (χ0v) is 17.2. The van der Waals surface area contributed by atoms with Gasteiger partial charge in [0.2, 0.25) is 5.91 Å². The molecule has 1 spiro atoms. The quantitative estimate of drug-likeness (QED) is 0.423. The van der Waals surface area contributed by atoms with Gasteiger partial charge in [-0.15, -0.1) is 0 Å². The van der Waals surface area contributed by atoms with Crippen LogP contribution in [0.5, 0.6) is 17.2 Å². The summed E-state index contributed by atoms with van der Waals surface area (Å²) in [6, 6.07) is 8.64. The average Bonchev–Trinajstić information content (AvgIpc) is 3.24. The van der Waals surface area contributed by atoms with Crippen LogP contribution in [0, 0.1) is 0 Å². The van der Waals surface area contributed by atoms with Gasteiger partial charge in [0, 0.05) is 35.5 Å². The minimum absolute atomic E-state index is 0.0467. The summed E-state index contributed by atoms with van der Waals surface area (Å²) < 4.78 is 22.3. The Balaban J connectivity index is 1.67. The van der Waals surface area contributed by atoms with Crippen LogP contribution < -0.4 is 19.1 Å². The molecule has 1 atom stereocenters. The van der Waals surface area contributed by atoms with Gasteiger partial charge in [0.25, 0.3) is 0 Å². The van der Waals surface area contributed by atoms with E-state index in [-0.39, 0.29) is 19.1 Å². The molecule has 3 aliphatic rings. The predicted octanol–water partition coefficient (Wildman–Crippen LogP) is 2.25. The van der Waals surface area contributed by atoms with E-state index in [4.69, 9.17) is 18.9 Å². The van der Waals surface area contributed by atoms with E-state index in [0.717, 1.165) is 0 Å². The highest BCUT2D eigenvalue weighted by molar-refractivity contribution is 6.16. The van der Waals surface area contributed by atoms with E-state index in [2.05, 4.69) is 0 Å². The third-order valence-corrected chi connectivity index (χ3v) is 5.96. The molecule has 2 aromatic rings. The number of esters is 1. The van der Waals surface area contributed by atoms with Gasteiger partial charge < -0.3 is 23.8 Å². The van der Waals surface area contributed by atoms with Crippen LogP contribution in [0.4, 0.5) is 5.69 Å². The van der Waals surface area contributed by atoms with Crippen LogP contribution in [0.2, 0.25) is 0 Å². The van der Waals surface area contributed by atoms with Crippen molar-refractivity contribution >= 4 is 23.3 Å². The number of likely N-dealkylation sites (N-methyl/N-ethyl adjacent to an activating group) is 1. The molecule has 160 valence electrons. The lowest BCUT2D eigenvalue weighted by Gasteiger charge is -2.25. The number of hydrogen-bond donors (Lipinski definition) is 0. The maximum Gasteiger partial charge on any atom is 0.313 e. The predicted molar refractivity (Wildman–Crippen MR) is 109 cm³/mol. The molecule has 8 nitrogen and oxygen atoms in total. The van der Waals surface area contributed by atoms with Gasteiger partial charge in [-0.1, -0.05) is 12.1 Å². The van der Waals surface area contributed by atoms with E-state index < -0.39 is 23.6 Å². The molecule has 3 aliphatic heterocycles. The fraction of sp³-hybridized carbons (Fsp3) is 0.348. The second-order valence-electron chi connectivity index (χ2n) is 7.65. The summed E-state index contributed by atoms with van der Waals surface area (Å²) in [5.74, 6) is 0.422. The number of anilines is 1. The molecule has 0 bridgehead atoms. The Kier molecular flexibility index (Phi) is 4.39. The van der Waals surface area contributed by atoms with Gasteiger partial charge in [-0.3, -0.25) is 14.4 Å². The van der Waals surface area contributed by atoms with Gasteiger partial charge in [0.05, 0.1) is 6.61 Å². The number of ketones is 1. The number of hydrogen-bond acceptors (Lipinski definition) is 7. The number of ether oxygens (including phenoxy) is 4. The maximum atomic E-state index is 13.6. The molecule has 0 fully saturated rings. The lowest BCUT2D eigenvalue weighted by Crippen LogP contribution is -2.41. The van der Waals surface area contributed by atoms with Crippen molar-refractivity contribution in [2.75, 3.05) is 38.4 Å². The molecule has 0 aliphatic carbocycles. The summed E-state index contributed by atoms with van der Waals surface area (Å²) in [6.07, 6.45) is -0.396. The molecular weight excluding hydrogens is 402 g/mol. The van der Waals surface area contributed by atoms with Crippen molar-refractivity contribution < 1.29 is 33.3 Å². The SMILES string of the molecule is CCOC(=O)CC(=O)c1cccc2c1C1(COc3cc4c(cc31)OCCO4)C(=O)N2C. The van der Waals surface area contributed by atoms with Crippen LogP contribution in [-0.2, 0) is 19.7 Å². The minimum atomic E-state index is -1.20. The van der Waals surface area contributed by atoms with E-state index >= 15 is 0 Å². The van der Waals surface area contributed by atoms with Crippen LogP contribution in [-0.4, -0.2) is 51.1 Å². The molecule has 0 saturated heterocycles. The van der Waals surface area contributed by atoms with E-state index in [1.165, 1.54) is 4.90 Å². The standard InChI is InChI=1S/C23H21NO7/c1-3-28-20(26)10-16(25)13-5-4-6-15-21(13)23(22(27)24(15)2)12-31-17-11-19-18(9-14(17)23)29-7-8-30-19/h4-6,9,11H,3,7-8,10,12H2,1-2H3. The molecule has 8 heteroatoms. The highest BCUT2D eigenvalue weighted by atomic mass is 16.6. The van der Waals surface area contributed by atoms with Gasteiger partial charge in [-0.25, -0.2) is 0 Å². The highest BCUT2D eigenvalue weighted by Gasteiger charge is 2.58. The summed E-state index contributed by atoms with van der Waals surface area (Å²) in [6.45, 7) is 2.77. The van der Waals surface area contributed by atoms with Gasteiger partial charge >= 0.3 is 5.97 Å². The number of carbonyl (C=O) groups is 3. The molecule has 1 amide bonds. The number of Topliss-reactive ketones (excluding diaryl/α,β-unsaturated/α-hetero) is 1. The lowest BCUT2D eigenvalue weighted by molar-refractivity contribution is -0.142. The first-order valence-electron chi connectivity index (χ1n) is 10.1.